The number of nitrogens with one attached hydrogen (secondary N) is 1. The molecular formula is C14H16FNO3. The summed E-state index contributed by atoms with van der Waals surface area (Å²) >= 11 is 0. The minimum Gasteiger partial charge on any atom is -0.481 e. The van der Waals surface area contributed by atoms with Gasteiger partial charge in [0.25, 0.3) is 0 Å². The maximum Gasteiger partial charge on any atom is 0.306 e. The Morgan fingerprint density at radius 2 is 2.00 bits per heavy atom. The topological polar surface area (TPSA) is 66.4 Å². The number of aliphatic carboxylic acids is 1. The minimum atomic E-state index is -0.864. The van der Waals surface area contributed by atoms with Crippen molar-refractivity contribution < 1.29 is 19.1 Å². The number of carbonyl (C=O) groups is 2. The molecule has 0 radical (unpaired) electrons. The van der Waals surface area contributed by atoms with E-state index < -0.39 is 17.7 Å². The molecule has 0 spiro atoms. The third kappa shape index (κ3) is 3.10. The molecule has 0 heterocycles. The molecule has 4 nitrogen and oxygen atoms in total. The van der Waals surface area contributed by atoms with E-state index in [0.717, 1.165) is 5.56 Å². The Kier molecular flexibility index (Phi) is 3.83. The quantitative estimate of drug-likeness (QED) is 0.882. The van der Waals surface area contributed by atoms with E-state index in [-0.39, 0.29) is 17.5 Å². The van der Waals surface area contributed by atoms with Crippen molar-refractivity contribution in [1.29, 1.82) is 0 Å². The zero-order valence-corrected chi connectivity index (χ0v) is 10.6. The van der Waals surface area contributed by atoms with E-state index in [2.05, 4.69) is 5.32 Å². The molecule has 102 valence electrons. The molecule has 1 aromatic carbocycles. The summed E-state index contributed by atoms with van der Waals surface area (Å²) in [5, 5.41) is 11.4. The fraction of sp³-hybridized carbons (Fsp3) is 0.429. The van der Waals surface area contributed by atoms with Crippen molar-refractivity contribution in [3.8, 4) is 0 Å². The average molecular weight is 265 g/mol. The summed E-state index contributed by atoms with van der Waals surface area (Å²) in [7, 11) is 0. The van der Waals surface area contributed by atoms with Crippen LogP contribution < -0.4 is 5.32 Å². The molecule has 0 saturated heterocycles. The third-order valence-electron chi connectivity index (χ3n) is 3.54. The Morgan fingerprint density at radius 3 is 2.58 bits per heavy atom. The number of rotatable bonds is 3. The van der Waals surface area contributed by atoms with Crippen molar-refractivity contribution in [3.05, 3.63) is 29.6 Å². The van der Waals surface area contributed by atoms with Crippen LogP contribution in [0.5, 0.6) is 0 Å². The Balaban J connectivity index is 2.00. The summed E-state index contributed by atoms with van der Waals surface area (Å²) in [6.07, 6.45) is 1.37. The van der Waals surface area contributed by atoms with Crippen LogP contribution in [-0.4, -0.2) is 17.0 Å². The smallest absolute Gasteiger partial charge is 0.306 e. The van der Waals surface area contributed by atoms with Crippen LogP contribution in [0.2, 0.25) is 0 Å². The van der Waals surface area contributed by atoms with Gasteiger partial charge in [0.2, 0.25) is 5.91 Å². The molecule has 1 aromatic rings. The van der Waals surface area contributed by atoms with Gasteiger partial charge in [0.05, 0.1) is 11.6 Å². The second kappa shape index (κ2) is 5.38. The monoisotopic (exact) mass is 265 g/mol. The van der Waals surface area contributed by atoms with Gasteiger partial charge < -0.3 is 10.4 Å². The Morgan fingerprint density at radius 1 is 1.32 bits per heavy atom. The highest BCUT2D eigenvalue weighted by Crippen LogP contribution is 2.32. The summed E-state index contributed by atoms with van der Waals surface area (Å²) in [5.41, 5.74) is 0.927. The highest BCUT2D eigenvalue weighted by Gasteiger charge is 2.33. The third-order valence-corrected chi connectivity index (χ3v) is 3.54. The van der Waals surface area contributed by atoms with E-state index in [1.54, 1.807) is 13.0 Å². The van der Waals surface area contributed by atoms with Gasteiger partial charge in [0.1, 0.15) is 5.82 Å². The maximum absolute atomic E-state index is 13.6. The molecule has 0 unspecified atom stereocenters. The molecular weight excluding hydrogens is 249 g/mol. The van der Waals surface area contributed by atoms with E-state index in [0.29, 0.717) is 19.3 Å². The number of aryl methyl sites for hydroxylation is 1. The highest BCUT2D eigenvalue weighted by molar-refractivity contribution is 5.93. The number of hydrogen-bond acceptors (Lipinski definition) is 2. The Bertz CT molecular complexity index is 515. The second-order valence-electron chi connectivity index (χ2n) is 5.02. The number of amides is 1. The van der Waals surface area contributed by atoms with Crippen molar-refractivity contribution in [1.82, 2.24) is 0 Å². The first kappa shape index (κ1) is 13.5. The zero-order valence-electron chi connectivity index (χ0n) is 10.6. The SMILES string of the molecule is Cc1ccc(NC(=O)[C@@H]2CC[C@H](C(=O)O)C2)c(F)c1. The van der Waals surface area contributed by atoms with Gasteiger partial charge in [0.15, 0.2) is 0 Å². The van der Waals surface area contributed by atoms with Crippen LogP contribution in [0.25, 0.3) is 0 Å². The summed E-state index contributed by atoms with van der Waals surface area (Å²) in [6.45, 7) is 1.77. The molecule has 1 saturated carbocycles. The van der Waals surface area contributed by atoms with Crippen LogP contribution in [-0.2, 0) is 9.59 Å². The number of carbonyl (C=O) groups excluding carboxylic acids is 1. The van der Waals surface area contributed by atoms with Gasteiger partial charge in [-0.2, -0.15) is 0 Å². The number of hydrogen-bond donors (Lipinski definition) is 2. The number of halogens is 1. The first-order chi connectivity index (χ1) is 8.97. The highest BCUT2D eigenvalue weighted by atomic mass is 19.1. The van der Waals surface area contributed by atoms with Gasteiger partial charge in [-0.15, -0.1) is 0 Å². The number of anilines is 1. The predicted molar refractivity (Wildman–Crippen MR) is 68.2 cm³/mol. The second-order valence-corrected chi connectivity index (χ2v) is 5.02. The Hall–Kier alpha value is -1.91. The first-order valence-electron chi connectivity index (χ1n) is 6.27. The van der Waals surface area contributed by atoms with Gasteiger partial charge in [-0.05, 0) is 43.9 Å². The van der Waals surface area contributed by atoms with Crippen LogP contribution in [0.15, 0.2) is 18.2 Å². The molecule has 2 rings (SSSR count). The average Bonchev–Trinajstić information content (AvgIpc) is 2.82. The minimum absolute atomic E-state index is 0.148. The van der Waals surface area contributed by atoms with Gasteiger partial charge in [-0.1, -0.05) is 6.07 Å². The summed E-state index contributed by atoms with van der Waals surface area (Å²) in [4.78, 5) is 22.8. The van der Waals surface area contributed by atoms with Gasteiger partial charge in [0, 0.05) is 5.92 Å². The number of carboxylic acid groups (broad SMARTS) is 1. The van der Waals surface area contributed by atoms with Crippen LogP contribution in [0.1, 0.15) is 24.8 Å². The fourth-order valence-corrected chi connectivity index (χ4v) is 2.40. The predicted octanol–water partition coefficient (Wildman–Crippen LogP) is 2.57. The Labute approximate surface area is 110 Å². The van der Waals surface area contributed by atoms with Crippen molar-refractivity contribution in [3.63, 3.8) is 0 Å². The van der Waals surface area contributed by atoms with Gasteiger partial charge in [-0.3, -0.25) is 9.59 Å². The fourth-order valence-electron chi connectivity index (χ4n) is 2.40. The largest absolute Gasteiger partial charge is 0.481 e. The van der Waals surface area contributed by atoms with E-state index in [1.807, 2.05) is 0 Å². The number of benzene rings is 1. The van der Waals surface area contributed by atoms with Crippen LogP contribution >= 0.6 is 0 Å². The lowest BCUT2D eigenvalue weighted by Gasteiger charge is -2.11. The molecule has 5 heteroatoms. The van der Waals surface area contributed by atoms with Gasteiger partial charge in [-0.25, -0.2) is 4.39 Å². The summed E-state index contributed by atoms with van der Waals surface area (Å²) in [6, 6.07) is 4.59. The van der Waals surface area contributed by atoms with Gasteiger partial charge >= 0.3 is 5.97 Å². The molecule has 0 aromatic heterocycles. The molecule has 2 N–H and O–H groups in total. The zero-order chi connectivity index (χ0) is 14.0. The lowest BCUT2D eigenvalue weighted by molar-refractivity contribution is -0.141. The van der Waals surface area contributed by atoms with Crippen LogP contribution in [0.4, 0.5) is 10.1 Å². The molecule has 1 amide bonds. The summed E-state index contributed by atoms with van der Waals surface area (Å²) in [5.74, 6) is -2.44. The molecule has 1 aliphatic carbocycles. The molecule has 2 atom stereocenters. The molecule has 19 heavy (non-hydrogen) atoms. The van der Waals surface area contributed by atoms with E-state index in [9.17, 15) is 14.0 Å². The molecule has 1 fully saturated rings. The number of carboxylic acids is 1. The standard InChI is InChI=1S/C14H16FNO3/c1-8-2-5-12(11(15)6-8)16-13(17)9-3-4-10(7-9)14(18)19/h2,5-6,9-10H,3-4,7H2,1H3,(H,16,17)(H,18,19)/t9-,10+/m1/s1. The van der Waals surface area contributed by atoms with Crippen LogP contribution in [0, 0.1) is 24.6 Å². The normalized spacial score (nSPS) is 22.2. The van der Waals surface area contributed by atoms with Crippen molar-refractivity contribution in [2.75, 3.05) is 5.32 Å². The molecule has 0 aliphatic heterocycles. The van der Waals surface area contributed by atoms with Crippen molar-refractivity contribution in [2.45, 2.75) is 26.2 Å². The lowest BCUT2D eigenvalue weighted by Crippen LogP contribution is -2.22. The van der Waals surface area contributed by atoms with Crippen molar-refractivity contribution in [2.24, 2.45) is 11.8 Å². The lowest BCUT2D eigenvalue weighted by atomic mass is 10.0. The van der Waals surface area contributed by atoms with Crippen molar-refractivity contribution >= 4 is 17.6 Å². The van der Waals surface area contributed by atoms with E-state index in [1.165, 1.54) is 12.1 Å². The maximum atomic E-state index is 13.6. The summed E-state index contributed by atoms with van der Waals surface area (Å²) < 4.78 is 13.6. The van der Waals surface area contributed by atoms with Crippen LogP contribution in [0.3, 0.4) is 0 Å². The van der Waals surface area contributed by atoms with E-state index in [4.69, 9.17) is 5.11 Å². The van der Waals surface area contributed by atoms with E-state index >= 15 is 0 Å². The molecule has 1 aliphatic rings. The first-order valence-corrected chi connectivity index (χ1v) is 6.27. The molecule has 0 bridgehead atoms.